The Bertz CT molecular complexity index is 306. The van der Waals surface area contributed by atoms with E-state index in [-0.39, 0.29) is 0 Å². The molecule has 1 fully saturated rings. The standard InChI is InChI=1S/C12H21N3/c1-3-15-8-7-13-12(15)14-11-6-4-5-10(2)9-11/h7-8,10-11H,3-6,9H2,1-2H3,(H,13,14). The molecule has 0 aromatic carbocycles. The van der Waals surface area contributed by atoms with Crippen molar-refractivity contribution in [3.05, 3.63) is 12.4 Å². The number of nitrogens with one attached hydrogen (secondary N) is 1. The van der Waals surface area contributed by atoms with Crippen LogP contribution in [-0.4, -0.2) is 15.6 Å². The molecular formula is C12H21N3. The van der Waals surface area contributed by atoms with Crippen molar-refractivity contribution < 1.29 is 0 Å². The molecule has 1 heterocycles. The molecule has 84 valence electrons. The number of rotatable bonds is 3. The minimum atomic E-state index is 0.626. The lowest BCUT2D eigenvalue weighted by atomic mass is 9.87. The van der Waals surface area contributed by atoms with Crippen LogP contribution in [0.4, 0.5) is 5.95 Å². The summed E-state index contributed by atoms with van der Waals surface area (Å²) in [7, 11) is 0. The van der Waals surface area contributed by atoms with Crippen LogP contribution in [0.2, 0.25) is 0 Å². The smallest absolute Gasteiger partial charge is 0.202 e. The highest BCUT2D eigenvalue weighted by Gasteiger charge is 2.19. The van der Waals surface area contributed by atoms with E-state index < -0.39 is 0 Å². The summed E-state index contributed by atoms with van der Waals surface area (Å²) in [6, 6.07) is 0.626. The highest BCUT2D eigenvalue weighted by atomic mass is 15.2. The zero-order chi connectivity index (χ0) is 10.7. The molecule has 3 heteroatoms. The number of aromatic nitrogens is 2. The zero-order valence-electron chi connectivity index (χ0n) is 9.74. The Morgan fingerprint density at radius 1 is 1.53 bits per heavy atom. The van der Waals surface area contributed by atoms with Gasteiger partial charge in [-0.2, -0.15) is 0 Å². The van der Waals surface area contributed by atoms with Gasteiger partial charge < -0.3 is 9.88 Å². The Balaban J connectivity index is 1.96. The minimum absolute atomic E-state index is 0.626. The molecule has 2 rings (SSSR count). The Labute approximate surface area is 91.9 Å². The molecule has 2 atom stereocenters. The van der Waals surface area contributed by atoms with Crippen LogP contribution in [-0.2, 0) is 6.54 Å². The quantitative estimate of drug-likeness (QED) is 0.826. The molecule has 1 aliphatic rings. The lowest BCUT2D eigenvalue weighted by Gasteiger charge is -2.27. The van der Waals surface area contributed by atoms with Gasteiger partial charge in [0, 0.05) is 25.0 Å². The van der Waals surface area contributed by atoms with Gasteiger partial charge in [0.05, 0.1) is 0 Å². The second kappa shape index (κ2) is 4.69. The van der Waals surface area contributed by atoms with Gasteiger partial charge in [-0.15, -0.1) is 0 Å². The number of hydrogen-bond donors (Lipinski definition) is 1. The maximum absolute atomic E-state index is 4.36. The molecule has 1 saturated carbocycles. The monoisotopic (exact) mass is 207 g/mol. The molecule has 0 radical (unpaired) electrons. The van der Waals surface area contributed by atoms with Crippen LogP contribution in [0.25, 0.3) is 0 Å². The molecule has 0 amide bonds. The van der Waals surface area contributed by atoms with Crippen molar-refractivity contribution in [3.63, 3.8) is 0 Å². The van der Waals surface area contributed by atoms with Gasteiger partial charge in [-0.05, 0) is 25.7 Å². The van der Waals surface area contributed by atoms with Gasteiger partial charge >= 0.3 is 0 Å². The van der Waals surface area contributed by atoms with Gasteiger partial charge in [0.25, 0.3) is 0 Å². The van der Waals surface area contributed by atoms with Crippen molar-refractivity contribution in [1.82, 2.24) is 9.55 Å². The largest absolute Gasteiger partial charge is 0.353 e. The summed E-state index contributed by atoms with van der Waals surface area (Å²) in [4.78, 5) is 4.36. The number of imidazole rings is 1. The van der Waals surface area contributed by atoms with Gasteiger partial charge in [0.2, 0.25) is 5.95 Å². The number of anilines is 1. The predicted molar refractivity (Wildman–Crippen MR) is 62.9 cm³/mol. The first-order valence-electron chi connectivity index (χ1n) is 6.07. The van der Waals surface area contributed by atoms with E-state index in [4.69, 9.17) is 0 Å². The molecule has 15 heavy (non-hydrogen) atoms. The molecule has 3 nitrogen and oxygen atoms in total. The molecule has 0 bridgehead atoms. The molecule has 0 saturated heterocycles. The Morgan fingerprint density at radius 3 is 3.13 bits per heavy atom. The van der Waals surface area contributed by atoms with Crippen LogP contribution in [0.1, 0.15) is 39.5 Å². The average Bonchev–Trinajstić information content (AvgIpc) is 2.65. The van der Waals surface area contributed by atoms with Gasteiger partial charge in [0.15, 0.2) is 0 Å². The van der Waals surface area contributed by atoms with Crippen LogP contribution < -0.4 is 5.32 Å². The van der Waals surface area contributed by atoms with E-state index in [9.17, 15) is 0 Å². The van der Waals surface area contributed by atoms with E-state index in [1.807, 2.05) is 12.4 Å². The second-order valence-electron chi connectivity index (χ2n) is 4.65. The van der Waals surface area contributed by atoms with Crippen molar-refractivity contribution in [2.45, 2.75) is 52.1 Å². The lowest BCUT2D eigenvalue weighted by molar-refractivity contribution is 0.357. The highest BCUT2D eigenvalue weighted by Crippen LogP contribution is 2.25. The van der Waals surface area contributed by atoms with Crippen LogP contribution in [0.15, 0.2) is 12.4 Å². The summed E-state index contributed by atoms with van der Waals surface area (Å²) >= 11 is 0. The Morgan fingerprint density at radius 2 is 2.40 bits per heavy atom. The second-order valence-corrected chi connectivity index (χ2v) is 4.65. The van der Waals surface area contributed by atoms with Crippen molar-refractivity contribution in [2.75, 3.05) is 5.32 Å². The lowest BCUT2D eigenvalue weighted by Crippen LogP contribution is -2.27. The number of aryl methyl sites for hydroxylation is 1. The van der Waals surface area contributed by atoms with E-state index >= 15 is 0 Å². The maximum atomic E-state index is 4.36. The summed E-state index contributed by atoms with van der Waals surface area (Å²) in [5.41, 5.74) is 0. The summed E-state index contributed by atoms with van der Waals surface area (Å²) in [6.07, 6.45) is 9.23. The van der Waals surface area contributed by atoms with E-state index in [0.717, 1.165) is 18.4 Å². The fourth-order valence-electron chi connectivity index (χ4n) is 2.45. The Hall–Kier alpha value is -0.990. The third-order valence-electron chi connectivity index (χ3n) is 3.33. The summed E-state index contributed by atoms with van der Waals surface area (Å²) < 4.78 is 2.17. The summed E-state index contributed by atoms with van der Waals surface area (Å²) in [6.45, 7) is 5.49. The van der Waals surface area contributed by atoms with E-state index in [2.05, 4.69) is 28.7 Å². The van der Waals surface area contributed by atoms with Gasteiger partial charge in [0.1, 0.15) is 0 Å². The van der Waals surface area contributed by atoms with Gasteiger partial charge in [-0.3, -0.25) is 0 Å². The molecule has 1 aromatic heterocycles. The first-order valence-corrected chi connectivity index (χ1v) is 6.07. The SMILES string of the molecule is CCn1ccnc1NC1CCCC(C)C1. The van der Waals surface area contributed by atoms with E-state index in [1.165, 1.54) is 25.7 Å². The summed E-state index contributed by atoms with van der Waals surface area (Å²) in [5.74, 6) is 1.90. The normalized spacial score (nSPS) is 26.5. The van der Waals surface area contributed by atoms with Crippen LogP contribution in [0, 0.1) is 5.92 Å². The highest BCUT2D eigenvalue weighted by molar-refractivity contribution is 5.27. The zero-order valence-corrected chi connectivity index (χ0v) is 9.74. The first kappa shape index (κ1) is 10.5. The average molecular weight is 207 g/mol. The van der Waals surface area contributed by atoms with E-state index in [0.29, 0.717) is 6.04 Å². The van der Waals surface area contributed by atoms with Gasteiger partial charge in [-0.1, -0.05) is 19.8 Å². The fourth-order valence-corrected chi connectivity index (χ4v) is 2.45. The van der Waals surface area contributed by atoms with Crippen molar-refractivity contribution >= 4 is 5.95 Å². The third kappa shape index (κ3) is 2.52. The number of hydrogen-bond acceptors (Lipinski definition) is 2. The van der Waals surface area contributed by atoms with Crippen LogP contribution >= 0.6 is 0 Å². The van der Waals surface area contributed by atoms with Crippen LogP contribution in [0.3, 0.4) is 0 Å². The van der Waals surface area contributed by atoms with Crippen molar-refractivity contribution in [3.8, 4) is 0 Å². The molecule has 2 unspecified atom stereocenters. The molecule has 1 N–H and O–H groups in total. The minimum Gasteiger partial charge on any atom is -0.353 e. The number of nitrogens with zero attached hydrogens (tertiary/aromatic N) is 2. The topological polar surface area (TPSA) is 29.9 Å². The molecule has 1 aromatic rings. The molecule has 1 aliphatic carbocycles. The van der Waals surface area contributed by atoms with Gasteiger partial charge in [-0.25, -0.2) is 4.98 Å². The fraction of sp³-hybridized carbons (Fsp3) is 0.750. The van der Waals surface area contributed by atoms with E-state index in [1.54, 1.807) is 0 Å². The molecular weight excluding hydrogens is 186 g/mol. The maximum Gasteiger partial charge on any atom is 0.202 e. The van der Waals surface area contributed by atoms with Crippen LogP contribution in [0.5, 0.6) is 0 Å². The Kier molecular flexibility index (Phi) is 3.29. The molecule has 0 aliphatic heterocycles. The predicted octanol–water partition coefficient (Wildman–Crippen LogP) is 2.89. The third-order valence-corrected chi connectivity index (χ3v) is 3.33. The molecule has 0 spiro atoms. The van der Waals surface area contributed by atoms with Crippen molar-refractivity contribution in [2.24, 2.45) is 5.92 Å². The summed E-state index contributed by atoms with van der Waals surface area (Å²) in [5, 5.41) is 3.56. The van der Waals surface area contributed by atoms with Crippen molar-refractivity contribution in [1.29, 1.82) is 0 Å². The first-order chi connectivity index (χ1) is 7.29.